The number of ketones is 1. The summed E-state index contributed by atoms with van der Waals surface area (Å²) in [4.78, 5) is 14.4. The van der Waals surface area contributed by atoms with Crippen molar-refractivity contribution in [1.82, 2.24) is 9.47 Å². The number of ether oxygens (including phenoxy) is 1. The van der Waals surface area contributed by atoms with Crippen molar-refractivity contribution in [2.45, 2.75) is 12.8 Å². The second kappa shape index (κ2) is 6.16. The molecule has 1 aromatic rings. The number of hydrogen-bond acceptors (Lipinski definition) is 3. The summed E-state index contributed by atoms with van der Waals surface area (Å²) in [6, 6.07) is 3.80. The van der Waals surface area contributed by atoms with Crippen LogP contribution in [0.2, 0.25) is 0 Å². The third-order valence-electron chi connectivity index (χ3n) is 3.71. The van der Waals surface area contributed by atoms with E-state index >= 15 is 0 Å². The normalized spacial score (nSPS) is 18.1. The van der Waals surface area contributed by atoms with E-state index in [1.807, 2.05) is 29.9 Å². The lowest BCUT2D eigenvalue weighted by Gasteiger charge is -2.31. The van der Waals surface area contributed by atoms with Gasteiger partial charge in [-0.1, -0.05) is 0 Å². The van der Waals surface area contributed by atoms with E-state index in [0.29, 0.717) is 12.5 Å². The number of aromatic nitrogens is 1. The van der Waals surface area contributed by atoms with E-state index in [0.717, 1.165) is 38.2 Å². The molecule has 0 spiro atoms. The molecule has 0 N–H and O–H groups in total. The summed E-state index contributed by atoms with van der Waals surface area (Å²) in [6.45, 7) is 3.39. The molecule has 1 aliphatic rings. The van der Waals surface area contributed by atoms with Gasteiger partial charge in [0.05, 0.1) is 12.2 Å². The van der Waals surface area contributed by atoms with Crippen LogP contribution in [0.4, 0.5) is 0 Å². The number of aryl methyl sites for hydroxylation is 1. The average molecular weight is 250 g/mol. The lowest BCUT2D eigenvalue weighted by atomic mass is 9.97. The first kappa shape index (κ1) is 13.3. The minimum atomic E-state index is 0.215. The van der Waals surface area contributed by atoms with Crippen molar-refractivity contribution in [3.63, 3.8) is 0 Å². The Bertz CT molecular complexity index is 392. The quantitative estimate of drug-likeness (QED) is 0.744. The molecule has 1 fully saturated rings. The molecule has 0 radical (unpaired) electrons. The highest BCUT2D eigenvalue weighted by Crippen LogP contribution is 2.17. The maximum absolute atomic E-state index is 12.1. The maximum atomic E-state index is 12.1. The zero-order chi connectivity index (χ0) is 13.0. The summed E-state index contributed by atoms with van der Waals surface area (Å²) in [6.07, 6.45) is 4.18. The molecule has 1 aromatic heterocycles. The number of piperidine rings is 1. The zero-order valence-corrected chi connectivity index (χ0v) is 11.3. The zero-order valence-electron chi connectivity index (χ0n) is 11.3. The number of hydrogen-bond donors (Lipinski definition) is 0. The number of nitrogens with zero attached hydrogens (tertiary/aromatic N) is 2. The van der Waals surface area contributed by atoms with Crippen LogP contribution in [0, 0.1) is 5.92 Å². The molecule has 0 aromatic carbocycles. The fraction of sp³-hybridized carbons (Fsp3) is 0.643. The van der Waals surface area contributed by atoms with Crippen molar-refractivity contribution in [2.24, 2.45) is 13.0 Å². The van der Waals surface area contributed by atoms with Crippen LogP contribution in [0.3, 0.4) is 0 Å². The van der Waals surface area contributed by atoms with Crippen LogP contribution in [0.1, 0.15) is 23.3 Å². The van der Waals surface area contributed by atoms with Crippen LogP contribution in [-0.4, -0.2) is 48.6 Å². The fourth-order valence-corrected chi connectivity index (χ4v) is 2.58. The van der Waals surface area contributed by atoms with Gasteiger partial charge in [0, 0.05) is 27.0 Å². The predicted octanol–water partition coefficient (Wildman–Crippen LogP) is 1.57. The van der Waals surface area contributed by atoms with E-state index in [-0.39, 0.29) is 5.78 Å². The molecule has 2 rings (SSSR count). The fourth-order valence-electron chi connectivity index (χ4n) is 2.58. The van der Waals surface area contributed by atoms with E-state index in [1.54, 1.807) is 7.11 Å². The Kier molecular flexibility index (Phi) is 4.55. The third-order valence-corrected chi connectivity index (χ3v) is 3.71. The molecule has 0 aliphatic carbocycles. The number of Topliss-reactive ketones (excluding diaryl/α,β-unsaturated/α-hetero) is 1. The second-order valence-corrected chi connectivity index (χ2v) is 5.10. The Morgan fingerprint density at radius 3 is 2.72 bits per heavy atom. The van der Waals surface area contributed by atoms with Gasteiger partial charge in [-0.3, -0.25) is 9.69 Å². The molecular weight excluding hydrogens is 228 g/mol. The van der Waals surface area contributed by atoms with Gasteiger partial charge in [-0.2, -0.15) is 0 Å². The van der Waals surface area contributed by atoms with E-state index in [4.69, 9.17) is 4.74 Å². The summed E-state index contributed by atoms with van der Waals surface area (Å²) in [5.74, 6) is 0.879. The largest absolute Gasteiger partial charge is 0.384 e. The van der Waals surface area contributed by atoms with E-state index in [9.17, 15) is 4.79 Å². The Morgan fingerprint density at radius 1 is 1.44 bits per heavy atom. The molecule has 100 valence electrons. The van der Waals surface area contributed by atoms with E-state index in [1.165, 1.54) is 0 Å². The van der Waals surface area contributed by atoms with Gasteiger partial charge in [0.25, 0.3) is 0 Å². The molecule has 4 heteroatoms. The molecule has 0 amide bonds. The molecule has 0 atom stereocenters. The number of carbonyl (C=O) groups excluding carboxylic acids is 1. The van der Waals surface area contributed by atoms with Crippen LogP contribution < -0.4 is 0 Å². The first-order chi connectivity index (χ1) is 8.70. The first-order valence-electron chi connectivity index (χ1n) is 6.56. The SMILES string of the molecule is COCC1CCN(CC(=O)c2cccn2C)CC1. The summed E-state index contributed by atoms with van der Waals surface area (Å²) >= 11 is 0. The highest BCUT2D eigenvalue weighted by Gasteiger charge is 2.21. The van der Waals surface area contributed by atoms with E-state index in [2.05, 4.69) is 4.90 Å². The van der Waals surface area contributed by atoms with Crippen molar-refractivity contribution in [2.75, 3.05) is 33.4 Å². The number of carbonyl (C=O) groups is 1. The van der Waals surface area contributed by atoms with Crippen LogP contribution >= 0.6 is 0 Å². The molecule has 0 bridgehead atoms. The summed E-state index contributed by atoms with van der Waals surface area (Å²) < 4.78 is 7.07. The van der Waals surface area contributed by atoms with Crippen LogP contribution in [-0.2, 0) is 11.8 Å². The minimum Gasteiger partial charge on any atom is -0.384 e. The van der Waals surface area contributed by atoms with Crippen molar-refractivity contribution < 1.29 is 9.53 Å². The van der Waals surface area contributed by atoms with Gasteiger partial charge in [-0.05, 0) is 44.0 Å². The molecule has 1 aliphatic heterocycles. The van der Waals surface area contributed by atoms with Crippen molar-refractivity contribution in [3.8, 4) is 0 Å². The smallest absolute Gasteiger partial charge is 0.193 e. The third kappa shape index (κ3) is 3.21. The topological polar surface area (TPSA) is 34.5 Å². The van der Waals surface area contributed by atoms with Crippen LogP contribution in [0.15, 0.2) is 18.3 Å². The Morgan fingerprint density at radius 2 is 2.17 bits per heavy atom. The van der Waals surface area contributed by atoms with Crippen molar-refractivity contribution >= 4 is 5.78 Å². The van der Waals surface area contributed by atoms with Gasteiger partial charge >= 0.3 is 0 Å². The molecule has 1 saturated heterocycles. The molecule has 4 nitrogen and oxygen atoms in total. The number of methoxy groups -OCH3 is 1. The second-order valence-electron chi connectivity index (χ2n) is 5.10. The lowest BCUT2D eigenvalue weighted by Crippen LogP contribution is -2.38. The first-order valence-corrected chi connectivity index (χ1v) is 6.56. The van der Waals surface area contributed by atoms with Gasteiger partial charge in [-0.15, -0.1) is 0 Å². The summed E-state index contributed by atoms with van der Waals surface area (Å²) in [5.41, 5.74) is 0.800. The monoisotopic (exact) mass is 250 g/mol. The predicted molar refractivity (Wildman–Crippen MR) is 70.8 cm³/mol. The van der Waals surface area contributed by atoms with Gasteiger partial charge in [-0.25, -0.2) is 0 Å². The van der Waals surface area contributed by atoms with Gasteiger partial charge in [0.1, 0.15) is 0 Å². The lowest BCUT2D eigenvalue weighted by molar-refractivity contribution is 0.0804. The van der Waals surface area contributed by atoms with Gasteiger partial charge in [0.15, 0.2) is 5.78 Å². The minimum absolute atomic E-state index is 0.215. The molecule has 0 unspecified atom stereocenters. The Balaban J connectivity index is 1.81. The number of likely N-dealkylation sites (tertiary alicyclic amines) is 1. The van der Waals surface area contributed by atoms with Gasteiger partial charge in [0.2, 0.25) is 0 Å². The van der Waals surface area contributed by atoms with Crippen molar-refractivity contribution in [1.29, 1.82) is 0 Å². The standard InChI is InChI=1S/C14H22N2O2/c1-15-7-3-4-13(15)14(17)10-16-8-5-12(6-9-16)11-18-2/h3-4,7,12H,5-6,8-11H2,1-2H3. The number of rotatable bonds is 5. The maximum Gasteiger partial charge on any atom is 0.193 e. The van der Waals surface area contributed by atoms with Gasteiger partial charge < -0.3 is 9.30 Å². The highest BCUT2D eigenvalue weighted by molar-refractivity contribution is 5.96. The summed E-state index contributed by atoms with van der Waals surface area (Å²) in [5, 5.41) is 0. The Hall–Kier alpha value is -1.13. The molecule has 2 heterocycles. The molecule has 18 heavy (non-hydrogen) atoms. The summed E-state index contributed by atoms with van der Waals surface area (Å²) in [7, 11) is 3.67. The molecular formula is C14H22N2O2. The van der Waals surface area contributed by atoms with Crippen LogP contribution in [0.25, 0.3) is 0 Å². The highest BCUT2D eigenvalue weighted by atomic mass is 16.5. The molecule has 0 saturated carbocycles. The average Bonchev–Trinajstić information content (AvgIpc) is 2.78. The Labute approximate surface area is 109 Å². The van der Waals surface area contributed by atoms with E-state index < -0.39 is 0 Å². The van der Waals surface area contributed by atoms with Crippen molar-refractivity contribution in [3.05, 3.63) is 24.0 Å². The van der Waals surface area contributed by atoms with Crippen LogP contribution in [0.5, 0.6) is 0 Å².